The second-order valence-corrected chi connectivity index (χ2v) is 8.95. The summed E-state index contributed by atoms with van der Waals surface area (Å²) in [5, 5.41) is 0. The summed E-state index contributed by atoms with van der Waals surface area (Å²) in [5.41, 5.74) is 6.11. The van der Waals surface area contributed by atoms with Crippen molar-refractivity contribution in [2.24, 2.45) is 17.6 Å². The van der Waals surface area contributed by atoms with E-state index in [1.54, 1.807) is 0 Å². The second kappa shape index (κ2) is 7.37. The van der Waals surface area contributed by atoms with Gasteiger partial charge in [0.2, 0.25) is 5.91 Å². The number of likely N-dealkylation sites (tertiary alicyclic amines) is 1. The predicted octanol–water partition coefficient (Wildman–Crippen LogP) is 2.92. The lowest BCUT2D eigenvalue weighted by Crippen LogP contribution is -2.33. The molecule has 118 valence electrons. The molecule has 1 saturated carbocycles. The fraction of sp³-hybridized carbons (Fsp3) is 0.933. The number of halogens is 1. The van der Waals surface area contributed by atoms with Crippen molar-refractivity contribution in [1.29, 1.82) is 0 Å². The van der Waals surface area contributed by atoms with Crippen LogP contribution in [0.25, 0.3) is 0 Å². The highest BCUT2D eigenvalue weighted by molar-refractivity contribution is 8.00. The minimum absolute atomic E-state index is 0. The summed E-state index contributed by atoms with van der Waals surface area (Å²) >= 11 is 1.94. The zero-order chi connectivity index (χ0) is 14.0. The molecule has 0 spiro atoms. The Morgan fingerprint density at radius 1 is 1.30 bits per heavy atom. The van der Waals surface area contributed by atoms with E-state index >= 15 is 0 Å². The summed E-state index contributed by atoms with van der Waals surface area (Å²) in [6.07, 6.45) is 4.07. The van der Waals surface area contributed by atoms with E-state index in [-0.39, 0.29) is 12.4 Å². The number of fused-ring (bicyclic) bond motifs is 1. The molecule has 0 aromatic rings. The lowest BCUT2D eigenvalue weighted by Gasteiger charge is -2.20. The van der Waals surface area contributed by atoms with E-state index in [4.69, 9.17) is 5.73 Å². The maximum absolute atomic E-state index is 12.2. The van der Waals surface area contributed by atoms with Gasteiger partial charge in [-0.2, -0.15) is 11.8 Å². The molecule has 3 nitrogen and oxygen atoms in total. The van der Waals surface area contributed by atoms with Gasteiger partial charge in [-0.15, -0.1) is 12.4 Å². The summed E-state index contributed by atoms with van der Waals surface area (Å²) in [6, 6.07) is 0.333. The van der Waals surface area contributed by atoms with Crippen LogP contribution >= 0.6 is 24.2 Å². The Kier molecular flexibility index (Phi) is 6.68. The molecule has 3 atom stereocenters. The Morgan fingerprint density at radius 2 is 2.00 bits per heavy atom. The van der Waals surface area contributed by atoms with Crippen LogP contribution in [0, 0.1) is 11.8 Å². The van der Waals surface area contributed by atoms with Crippen molar-refractivity contribution in [3.63, 3.8) is 0 Å². The zero-order valence-electron chi connectivity index (χ0n) is 12.9. The minimum atomic E-state index is 0. The van der Waals surface area contributed by atoms with Crippen LogP contribution < -0.4 is 5.73 Å². The van der Waals surface area contributed by atoms with Crippen molar-refractivity contribution >= 4 is 30.1 Å². The van der Waals surface area contributed by atoms with Gasteiger partial charge >= 0.3 is 0 Å². The molecule has 3 unspecified atom stereocenters. The van der Waals surface area contributed by atoms with Crippen molar-refractivity contribution in [2.45, 2.75) is 57.2 Å². The van der Waals surface area contributed by atoms with Crippen LogP contribution in [0.1, 0.15) is 46.5 Å². The minimum Gasteiger partial charge on any atom is -0.342 e. The molecule has 2 aliphatic rings. The quantitative estimate of drug-likeness (QED) is 0.810. The number of hydrogen-bond donors (Lipinski definition) is 1. The topological polar surface area (TPSA) is 46.3 Å². The number of thioether (sulfide) groups is 1. The molecule has 1 heterocycles. The Morgan fingerprint density at radius 3 is 2.60 bits per heavy atom. The zero-order valence-corrected chi connectivity index (χ0v) is 14.6. The molecule has 2 N–H and O–H groups in total. The van der Waals surface area contributed by atoms with E-state index in [9.17, 15) is 4.79 Å². The maximum Gasteiger partial charge on any atom is 0.222 e. The highest BCUT2D eigenvalue weighted by atomic mass is 35.5. The fourth-order valence-corrected chi connectivity index (χ4v) is 4.17. The van der Waals surface area contributed by atoms with Gasteiger partial charge in [0.1, 0.15) is 0 Å². The number of rotatable bonds is 4. The summed E-state index contributed by atoms with van der Waals surface area (Å²) in [4.78, 5) is 14.2. The third-order valence-electron chi connectivity index (χ3n) is 4.34. The molecule has 1 aliphatic heterocycles. The smallest absolute Gasteiger partial charge is 0.222 e. The first kappa shape index (κ1) is 18.1. The maximum atomic E-state index is 12.2. The van der Waals surface area contributed by atoms with Crippen molar-refractivity contribution in [1.82, 2.24) is 4.90 Å². The molecule has 0 aromatic carbocycles. The van der Waals surface area contributed by atoms with Crippen LogP contribution in [-0.2, 0) is 4.79 Å². The first-order valence-corrected chi connectivity index (χ1v) is 8.53. The molecule has 2 fully saturated rings. The van der Waals surface area contributed by atoms with E-state index in [0.29, 0.717) is 35.0 Å². The van der Waals surface area contributed by atoms with Crippen molar-refractivity contribution in [3.05, 3.63) is 0 Å². The van der Waals surface area contributed by atoms with Crippen LogP contribution in [0.5, 0.6) is 0 Å². The molecule has 20 heavy (non-hydrogen) atoms. The third-order valence-corrected chi connectivity index (χ3v) is 5.69. The van der Waals surface area contributed by atoms with Crippen LogP contribution in [0.3, 0.4) is 0 Å². The Labute approximate surface area is 133 Å². The average Bonchev–Trinajstić information content (AvgIpc) is 2.86. The van der Waals surface area contributed by atoms with E-state index in [0.717, 1.165) is 31.7 Å². The standard InChI is InChI=1S/C15H28N2OS.ClH/c1-15(2,3)19-8-4-5-14(18)17-9-11-6-7-13(16)12(11)10-17;/h11-13H,4-10,16H2,1-3H3;1H. The molecular formula is C15H29ClN2OS. The molecule has 0 radical (unpaired) electrons. The Bertz CT molecular complexity index is 332. The van der Waals surface area contributed by atoms with E-state index < -0.39 is 0 Å². The van der Waals surface area contributed by atoms with Crippen LogP contribution in [-0.4, -0.2) is 40.4 Å². The fourth-order valence-electron chi connectivity index (χ4n) is 3.27. The largest absolute Gasteiger partial charge is 0.342 e. The summed E-state index contributed by atoms with van der Waals surface area (Å²) in [6.45, 7) is 8.55. The van der Waals surface area contributed by atoms with Gasteiger partial charge in [0.05, 0.1) is 0 Å². The second-order valence-electron chi connectivity index (χ2n) is 7.03. The number of hydrogen-bond acceptors (Lipinski definition) is 3. The molecule has 1 aliphatic carbocycles. The first-order chi connectivity index (χ1) is 8.87. The lowest BCUT2D eigenvalue weighted by molar-refractivity contribution is -0.130. The summed E-state index contributed by atoms with van der Waals surface area (Å²) in [7, 11) is 0. The van der Waals surface area contributed by atoms with Gasteiger partial charge in [0.15, 0.2) is 0 Å². The molecule has 0 aromatic heterocycles. The number of nitrogens with two attached hydrogens (primary N) is 1. The van der Waals surface area contributed by atoms with E-state index in [1.165, 1.54) is 6.42 Å². The van der Waals surface area contributed by atoms with E-state index in [1.807, 2.05) is 11.8 Å². The number of nitrogens with zero attached hydrogens (tertiary/aromatic N) is 1. The summed E-state index contributed by atoms with van der Waals surface area (Å²) in [5.74, 6) is 2.68. The Balaban J connectivity index is 0.00000200. The monoisotopic (exact) mass is 320 g/mol. The van der Waals surface area contributed by atoms with Gasteiger partial charge in [-0.1, -0.05) is 20.8 Å². The lowest BCUT2D eigenvalue weighted by atomic mass is 9.98. The number of amides is 1. The van der Waals surface area contributed by atoms with E-state index in [2.05, 4.69) is 25.7 Å². The van der Waals surface area contributed by atoms with Gasteiger partial charge in [0, 0.05) is 30.3 Å². The van der Waals surface area contributed by atoms with Gasteiger partial charge in [-0.25, -0.2) is 0 Å². The van der Waals surface area contributed by atoms with Crippen LogP contribution in [0.4, 0.5) is 0 Å². The van der Waals surface area contributed by atoms with Crippen molar-refractivity contribution < 1.29 is 4.79 Å². The third kappa shape index (κ3) is 4.81. The molecular weight excluding hydrogens is 292 g/mol. The van der Waals surface area contributed by atoms with Gasteiger partial charge in [0.25, 0.3) is 0 Å². The molecule has 2 rings (SSSR count). The average molecular weight is 321 g/mol. The molecule has 1 amide bonds. The van der Waals surface area contributed by atoms with Crippen molar-refractivity contribution in [2.75, 3.05) is 18.8 Å². The number of carbonyl (C=O) groups is 1. The van der Waals surface area contributed by atoms with Gasteiger partial charge in [-0.05, 0) is 36.9 Å². The molecule has 1 saturated heterocycles. The first-order valence-electron chi connectivity index (χ1n) is 7.54. The summed E-state index contributed by atoms with van der Waals surface area (Å²) < 4.78 is 0.306. The predicted molar refractivity (Wildman–Crippen MR) is 89.5 cm³/mol. The normalized spacial score (nSPS) is 29.2. The van der Waals surface area contributed by atoms with Crippen LogP contribution in [0.15, 0.2) is 0 Å². The van der Waals surface area contributed by atoms with Gasteiger partial charge < -0.3 is 10.6 Å². The SMILES string of the molecule is CC(C)(C)SCCCC(=O)N1CC2CCC(N)C2C1.Cl. The number of carbonyl (C=O) groups excluding carboxylic acids is 1. The highest BCUT2D eigenvalue weighted by Crippen LogP contribution is 2.37. The highest BCUT2D eigenvalue weighted by Gasteiger charge is 2.42. The van der Waals surface area contributed by atoms with Crippen LogP contribution in [0.2, 0.25) is 0 Å². The molecule has 0 bridgehead atoms. The Hall–Kier alpha value is 0.0700. The van der Waals surface area contributed by atoms with Gasteiger partial charge in [-0.3, -0.25) is 4.79 Å². The molecule has 5 heteroatoms. The van der Waals surface area contributed by atoms with Crippen molar-refractivity contribution in [3.8, 4) is 0 Å².